The second kappa shape index (κ2) is 8.39. The van der Waals surface area contributed by atoms with Crippen molar-refractivity contribution in [2.24, 2.45) is 5.92 Å². The molecule has 0 unspecified atom stereocenters. The van der Waals surface area contributed by atoms with Crippen molar-refractivity contribution >= 4 is 17.8 Å². The zero-order chi connectivity index (χ0) is 15.9. The van der Waals surface area contributed by atoms with Gasteiger partial charge in [-0.25, -0.2) is 4.79 Å². The summed E-state index contributed by atoms with van der Waals surface area (Å²) in [6.45, 7) is 4.55. The van der Waals surface area contributed by atoms with Crippen LogP contribution in [-0.4, -0.2) is 54.1 Å². The molecule has 2 rings (SSSR count). The molecule has 0 aliphatic carbocycles. The molecule has 0 spiro atoms. The summed E-state index contributed by atoms with van der Waals surface area (Å²) in [5.41, 5.74) is 1.23. The maximum absolute atomic E-state index is 11.9. The Labute approximate surface area is 137 Å². The Morgan fingerprint density at radius 1 is 1.55 bits per heavy atom. The zero-order valence-corrected chi connectivity index (χ0v) is 14.4. The highest BCUT2D eigenvalue weighted by Crippen LogP contribution is 2.35. The first-order valence-corrected chi connectivity index (χ1v) is 9.05. The van der Waals surface area contributed by atoms with Crippen LogP contribution in [0.15, 0.2) is 24.5 Å². The van der Waals surface area contributed by atoms with Crippen LogP contribution in [0, 0.1) is 5.92 Å². The molecule has 0 radical (unpaired) electrons. The molecular weight excluding hydrogens is 296 g/mol. The summed E-state index contributed by atoms with van der Waals surface area (Å²) < 4.78 is 0. The second-order valence-corrected chi connectivity index (χ2v) is 7.17. The number of nitrogens with one attached hydrogen (secondary N) is 2. The Kier molecular flexibility index (Phi) is 6.51. The lowest BCUT2D eigenvalue weighted by molar-refractivity contribution is 0.234. The Hall–Kier alpha value is -1.27. The van der Waals surface area contributed by atoms with E-state index in [4.69, 9.17) is 0 Å². The third kappa shape index (κ3) is 4.61. The van der Waals surface area contributed by atoms with Crippen molar-refractivity contribution in [3.8, 4) is 0 Å². The third-order valence-corrected chi connectivity index (χ3v) is 5.25. The lowest BCUT2D eigenvalue weighted by atomic mass is 9.95. The number of amides is 2. The summed E-state index contributed by atoms with van der Waals surface area (Å²) in [5.74, 6) is 0.429. The normalized spacial score (nSPS) is 23.2. The molecule has 0 aromatic carbocycles. The van der Waals surface area contributed by atoms with Gasteiger partial charge in [0.25, 0.3) is 0 Å². The van der Waals surface area contributed by atoms with Crippen molar-refractivity contribution < 1.29 is 4.79 Å². The van der Waals surface area contributed by atoms with E-state index in [2.05, 4.69) is 46.8 Å². The van der Waals surface area contributed by atoms with E-state index < -0.39 is 0 Å². The highest BCUT2D eigenvalue weighted by atomic mass is 32.2. The lowest BCUT2D eigenvalue weighted by Crippen LogP contribution is -2.41. The monoisotopic (exact) mass is 322 g/mol. The van der Waals surface area contributed by atoms with Gasteiger partial charge >= 0.3 is 6.03 Å². The van der Waals surface area contributed by atoms with Crippen LogP contribution >= 0.6 is 11.8 Å². The number of thioether (sulfide) groups is 1. The first kappa shape index (κ1) is 17.1. The molecule has 1 aromatic heterocycles. The molecule has 1 saturated heterocycles. The van der Waals surface area contributed by atoms with Gasteiger partial charge in [-0.1, -0.05) is 13.0 Å². The highest BCUT2D eigenvalue weighted by Gasteiger charge is 2.33. The van der Waals surface area contributed by atoms with E-state index in [1.807, 2.05) is 12.3 Å². The molecule has 3 atom stereocenters. The summed E-state index contributed by atoms with van der Waals surface area (Å²) in [6.07, 6.45) is 6.88. The van der Waals surface area contributed by atoms with Crippen molar-refractivity contribution in [1.29, 1.82) is 0 Å². The van der Waals surface area contributed by atoms with Crippen molar-refractivity contribution in [3.63, 3.8) is 0 Å². The number of rotatable bonds is 6. The predicted molar refractivity (Wildman–Crippen MR) is 92.1 cm³/mol. The zero-order valence-electron chi connectivity index (χ0n) is 13.6. The molecule has 122 valence electrons. The van der Waals surface area contributed by atoms with Gasteiger partial charge in [0.1, 0.15) is 0 Å². The van der Waals surface area contributed by atoms with Gasteiger partial charge in [0, 0.05) is 36.8 Å². The average Bonchev–Trinajstić information content (AvgIpc) is 2.92. The minimum atomic E-state index is -0.0691. The molecule has 0 bridgehead atoms. The van der Waals surface area contributed by atoms with Crippen LogP contribution in [-0.2, 0) is 0 Å². The number of carbonyl (C=O) groups excluding carboxylic acids is 1. The third-order valence-electron chi connectivity index (χ3n) is 4.28. The molecule has 2 heterocycles. The lowest BCUT2D eigenvalue weighted by Gasteiger charge is -2.25. The first-order valence-electron chi connectivity index (χ1n) is 7.76. The van der Waals surface area contributed by atoms with Gasteiger partial charge in [-0.2, -0.15) is 11.8 Å². The van der Waals surface area contributed by atoms with Gasteiger partial charge < -0.3 is 10.6 Å². The smallest absolute Gasteiger partial charge is 0.314 e. The maximum Gasteiger partial charge on any atom is 0.314 e. The number of likely N-dealkylation sites (tertiary alicyclic amines) is 1. The Morgan fingerprint density at radius 3 is 3.05 bits per heavy atom. The van der Waals surface area contributed by atoms with Crippen molar-refractivity contribution in [2.75, 3.05) is 32.9 Å². The molecule has 22 heavy (non-hydrogen) atoms. The van der Waals surface area contributed by atoms with E-state index in [1.54, 1.807) is 18.0 Å². The average molecular weight is 322 g/mol. The van der Waals surface area contributed by atoms with E-state index in [9.17, 15) is 4.79 Å². The van der Waals surface area contributed by atoms with E-state index in [0.717, 1.165) is 13.0 Å². The Balaban J connectivity index is 1.85. The molecule has 1 aliphatic heterocycles. The summed E-state index contributed by atoms with van der Waals surface area (Å²) in [7, 11) is 2.14. The fourth-order valence-electron chi connectivity index (χ4n) is 2.92. The van der Waals surface area contributed by atoms with Gasteiger partial charge in [-0.05, 0) is 43.8 Å². The van der Waals surface area contributed by atoms with E-state index >= 15 is 0 Å². The number of urea groups is 1. The standard InChI is InChI=1S/C16H26N4OS/c1-12(22-3)9-18-16(21)19-11-14-6-8-20(2)15(14)13-5-4-7-17-10-13/h4-5,7,10,12,14-15H,6,8-9,11H2,1-3H3,(H2,18,19,21)/t12-,14+,15+/m1/s1. The van der Waals surface area contributed by atoms with Gasteiger partial charge in [-0.3, -0.25) is 9.88 Å². The quantitative estimate of drug-likeness (QED) is 0.842. The number of hydrogen-bond donors (Lipinski definition) is 2. The molecule has 2 amide bonds. The molecule has 0 saturated carbocycles. The number of nitrogens with zero attached hydrogens (tertiary/aromatic N) is 2. The molecule has 1 aliphatic rings. The van der Waals surface area contributed by atoms with Crippen LogP contribution in [0.3, 0.4) is 0 Å². The van der Waals surface area contributed by atoms with Gasteiger partial charge in [-0.15, -0.1) is 0 Å². The number of hydrogen-bond acceptors (Lipinski definition) is 4. The van der Waals surface area contributed by atoms with Crippen LogP contribution in [0.4, 0.5) is 4.79 Å². The number of pyridine rings is 1. The fourth-order valence-corrected chi connectivity index (χ4v) is 3.17. The predicted octanol–water partition coefficient (Wildman–Crippen LogP) is 2.13. The highest BCUT2D eigenvalue weighted by molar-refractivity contribution is 7.99. The van der Waals surface area contributed by atoms with Gasteiger partial charge in [0.05, 0.1) is 0 Å². The first-order chi connectivity index (χ1) is 10.6. The van der Waals surface area contributed by atoms with Crippen molar-refractivity contribution in [2.45, 2.75) is 24.6 Å². The van der Waals surface area contributed by atoms with Crippen LogP contribution in [0.5, 0.6) is 0 Å². The van der Waals surface area contributed by atoms with Crippen molar-refractivity contribution in [3.05, 3.63) is 30.1 Å². The minimum Gasteiger partial charge on any atom is -0.338 e. The molecule has 1 aromatic rings. The Morgan fingerprint density at radius 2 is 2.36 bits per heavy atom. The van der Waals surface area contributed by atoms with Gasteiger partial charge in [0.2, 0.25) is 0 Å². The largest absolute Gasteiger partial charge is 0.338 e. The number of carbonyl (C=O) groups is 1. The van der Waals surface area contributed by atoms with Gasteiger partial charge in [0.15, 0.2) is 0 Å². The fraction of sp³-hybridized carbons (Fsp3) is 0.625. The van der Waals surface area contributed by atoms with Crippen LogP contribution < -0.4 is 10.6 Å². The summed E-state index contributed by atoms with van der Waals surface area (Å²) >= 11 is 1.75. The van der Waals surface area contributed by atoms with Crippen LogP contribution in [0.25, 0.3) is 0 Å². The summed E-state index contributed by atoms with van der Waals surface area (Å²) in [6, 6.07) is 4.36. The topological polar surface area (TPSA) is 57.3 Å². The van der Waals surface area contributed by atoms with E-state index in [1.165, 1.54) is 5.56 Å². The molecular formula is C16H26N4OS. The SMILES string of the molecule is CS[C@H](C)CNC(=O)NC[C@@H]1CCN(C)[C@H]1c1cccnc1. The number of aromatic nitrogens is 1. The molecule has 5 nitrogen and oxygen atoms in total. The molecule has 6 heteroatoms. The van der Waals surface area contributed by atoms with Crippen molar-refractivity contribution in [1.82, 2.24) is 20.5 Å². The van der Waals surface area contributed by atoms with E-state index in [0.29, 0.717) is 30.3 Å². The van der Waals surface area contributed by atoms with E-state index in [-0.39, 0.29) is 6.03 Å². The summed E-state index contributed by atoms with van der Waals surface area (Å²) in [5, 5.41) is 6.38. The molecule has 2 N–H and O–H groups in total. The summed E-state index contributed by atoms with van der Waals surface area (Å²) in [4.78, 5) is 18.5. The molecule has 1 fully saturated rings. The van der Waals surface area contributed by atoms with Crippen LogP contribution in [0.2, 0.25) is 0 Å². The van der Waals surface area contributed by atoms with Crippen LogP contribution in [0.1, 0.15) is 24.9 Å². The minimum absolute atomic E-state index is 0.0691. The maximum atomic E-state index is 11.9. The Bertz CT molecular complexity index is 470. The second-order valence-electron chi connectivity index (χ2n) is 5.90.